The van der Waals surface area contributed by atoms with Crippen molar-refractivity contribution in [2.75, 3.05) is 7.11 Å². The van der Waals surface area contributed by atoms with E-state index in [9.17, 15) is 14.9 Å². The maximum atomic E-state index is 14.0. The van der Waals surface area contributed by atoms with Crippen molar-refractivity contribution in [3.05, 3.63) is 135 Å². The van der Waals surface area contributed by atoms with E-state index in [4.69, 9.17) is 14.5 Å². The van der Waals surface area contributed by atoms with Crippen LogP contribution in [0.1, 0.15) is 59.6 Å². The van der Waals surface area contributed by atoms with E-state index in [0.29, 0.717) is 35.4 Å². The van der Waals surface area contributed by atoms with Crippen LogP contribution >= 0.6 is 0 Å². The molecule has 0 aliphatic carbocycles. The second kappa shape index (κ2) is 14.2. The van der Waals surface area contributed by atoms with Crippen LogP contribution in [0, 0.1) is 18.3 Å². The summed E-state index contributed by atoms with van der Waals surface area (Å²) in [6, 6.07) is 26.6. The fourth-order valence-corrected chi connectivity index (χ4v) is 5.13. The Hall–Kier alpha value is -5.62. The molecule has 0 N–H and O–H groups in total. The summed E-state index contributed by atoms with van der Waals surface area (Å²) in [6.07, 6.45) is 4.78. The maximum Gasteiger partial charge on any atom is 0.351 e. The van der Waals surface area contributed by atoms with E-state index in [1.165, 1.54) is 24.1 Å². The molecule has 1 unspecified atom stereocenters. The second-order valence-electron chi connectivity index (χ2n) is 10.5. The van der Waals surface area contributed by atoms with Crippen LogP contribution in [0.25, 0.3) is 17.1 Å². The molecule has 0 radical (unpaired) electrons. The first-order valence-electron chi connectivity index (χ1n) is 14.7. The minimum Gasteiger partial charge on any atom is -0.471 e. The molecule has 45 heavy (non-hydrogen) atoms. The van der Waals surface area contributed by atoms with E-state index in [2.05, 4.69) is 23.0 Å². The van der Waals surface area contributed by atoms with Crippen molar-refractivity contribution in [3.8, 4) is 28.9 Å². The largest absolute Gasteiger partial charge is 0.471 e. The molecule has 2 aromatic heterocycles. The molecule has 2 heterocycles. The van der Waals surface area contributed by atoms with Crippen molar-refractivity contribution in [2.24, 2.45) is 0 Å². The van der Waals surface area contributed by atoms with Crippen molar-refractivity contribution in [1.29, 1.82) is 5.26 Å². The minimum atomic E-state index is -0.999. The van der Waals surface area contributed by atoms with E-state index in [-0.39, 0.29) is 17.3 Å². The van der Waals surface area contributed by atoms with Gasteiger partial charge in [-0.15, -0.1) is 0 Å². The Morgan fingerprint density at radius 1 is 0.978 bits per heavy atom. The van der Waals surface area contributed by atoms with Crippen LogP contribution in [-0.2, 0) is 22.4 Å². The number of carbonyl (C=O) groups is 1. The van der Waals surface area contributed by atoms with Gasteiger partial charge in [0.1, 0.15) is 5.82 Å². The lowest BCUT2D eigenvalue weighted by atomic mass is 9.97. The average Bonchev–Trinajstić information content (AvgIpc) is 3.08. The van der Waals surface area contributed by atoms with Crippen LogP contribution in [0.2, 0.25) is 0 Å². The summed E-state index contributed by atoms with van der Waals surface area (Å²) in [4.78, 5) is 40.2. The van der Waals surface area contributed by atoms with E-state index >= 15 is 0 Å². The van der Waals surface area contributed by atoms with E-state index in [0.717, 1.165) is 35.2 Å². The van der Waals surface area contributed by atoms with Gasteiger partial charge in [-0.05, 0) is 42.5 Å². The zero-order valence-corrected chi connectivity index (χ0v) is 25.4. The Balaban J connectivity index is 1.46. The molecular weight excluding hydrogens is 566 g/mol. The molecule has 3 aromatic carbocycles. The highest BCUT2D eigenvalue weighted by Crippen LogP contribution is 2.25. The van der Waals surface area contributed by atoms with Gasteiger partial charge in [0.2, 0.25) is 12.1 Å². The monoisotopic (exact) mass is 599 g/mol. The fourth-order valence-electron chi connectivity index (χ4n) is 5.13. The van der Waals surface area contributed by atoms with Crippen molar-refractivity contribution in [3.63, 3.8) is 0 Å². The molecule has 0 aliphatic rings. The van der Waals surface area contributed by atoms with Crippen LogP contribution in [0.5, 0.6) is 5.75 Å². The van der Waals surface area contributed by atoms with Crippen LogP contribution in [0.15, 0.2) is 96.1 Å². The van der Waals surface area contributed by atoms with Crippen LogP contribution in [-0.4, -0.2) is 32.6 Å². The van der Waals surface area contributed by atoms with Gasteiger partial charge in [-0.25, -0.2) is 24.3 Å². The summed E-state index contributed by atoms with van der Waals surface area (Å²) in [5.41, 5.74) is 5.07. The number of rotatable bonds is 11. The Morgan fingerprint density at radius 3 is 2.33 bits per heavy atom. The molecule has 5 aromatic rings. The van der Waals surface area contributed by atoms with Crippen LogP contribution in [0.4, 0.5) is 0 Å². The van der Waals surface area contributed by atoms with Gasteiger partial charge in [0.15, 0.2) is 5.75 Å². The number of benzene rings is 3. The Labute approximate surface area is 261 Å². The lowest BCUT2D eigenvalue weighted by Crippen LogP contribution is -2.29. The molecule has 1 atom stereocenters. The summed E-state index contributed by atoms with van der Waals surface area (Å²) in [6.45, 7) is 3.87. The Bertz CT molecular complexity index is 1880. The summed E-state index contributed by atoms with van der Waals surface area (Å²) in [7, 11) is 1.30. The van der Waals surface area contributed by atoms with Crippen LogP contribution < -0.4 is 10.3 Å². The Morgan fingerprint density at radius 2 is 1.67 bits per heavy atom. The minimum absolute atomic E-state index is 0.151. The number of unbranched alkanes of at least 4 members (excludes halogenated alkanes) is 1. The lowest BCUT2D eigenvalue weighted by molar-refractivity contribution is -0.149. The average molecular weight is 600 g/mol. The second-order valence-corrected chi connectivity index (χ2v) is 10.5. The molecular formula is C36H33N5O4. The molecule has 0 fully saturated rings. The summed E-state index contributed by atoms with van der Waals surface area (Å²) in [5.74, 6) is 0.313. The first-order chi connectivity index (χ1) is 21.9. The van der Waals surface area contributed by atoms with Gasteiger partial charge in [-0.3, -0.25) is 4.79 Å². The molecule has 0 saturated heterocycles. The molecule has 226 valence electrons. The molecule has 0 aliphatic heterocycles. The van der Waals surface area contributed by atoms with Crippen molar-refractivity contribution >= 4 is 5.97 Å². The molecule has 0 amide bonds. The third-order valence-electron chi connectivity index (χ3n) is 7.48. The third-order valence-corrected chi connectivity index (χ3v) is 7.48. The van der Waals surface area contributed by atoms with Gasteiger partial charge < -0.3 is 9.47 Å². The number of ether oxygens (including phenoxy) is 2. The summed E-state index contributed by atoms with van der Waals surface area (Å²) in [5, 5.41) is 9.51. The number of aromatic nitrogens is 4. The van der Waals surface area contributed by atoms with Gasteiger partial charge in [0.05, 0.1) is 36.8 Å². The summed E-state index contributed by atoms with van der Waals surface area (Å²) < 4.78 is 12.2. The zero-order chi connectivity index (χ0) is 31.8. The molecule has 9 heteroatoms. The third kappa shape index (κ3) is 6.97. The van der Waals surface area contributed by atoms with E-state index in [1.54, 1.807) is 37.3 Å². The molecule has 0 spiro atoms. The quantitative estimate of drug-likeness (QED) is 0.167. The number of aryl methyl sites for hydroxylation is 2. The predicted octanol–water partition coefficient (Wildman–Crippen LogP) is 6.10. The highest BCUT2D eigenvalue weighted by molar-refractivity contribution is 5.76. The molecule has 5 rings (SSSR count). The molecule has 9 nitrogen and oxygen atoms in total. The first kappa shape index (κ1) is 30.8. The number of nitrogens with zero attached hydrogens (tertiary/aromatic N) is 5. The number of carbonyl (C=O) groups excluding carboxylic acids is 1. The molecule has 0 bridgehead atoms. The standard InChI is InChI=1S/C36H33N5O4/c1-4-5-15-32-31(20-25-16-18-26(19-17-25)30-14-10-9-13-28(30)21-37)34(42)41(24(2)40-32)36-38-22-29(23-39-36)45-33(35(43)44-3)27-11-7-6-8-12-27/h6-14,16-19,22-23,33H,4-5,15,20H2,1-3H3. The number of hydrogen-bond acceptors (Lipinski definition) is 8. The van der Waals surface area contributed by atoms with Gasteiger partial charge in [0.25, 0.3) is 5.56 Å². The fraction of sp³-hybridized carbons (Fsp3) is 0.222. The topological polar surface area (TPSA) is 120 Å². The Kier molecular flexibility index (Phi) is 9.75. The first-order valence-corrected chi connectivity index (χ1v) is 14.7. The van der Waals surface area contributed by atoms with Crippen molar-refractivity contribution in [2.45, 2.75) is 45.6 Å². The lowest BCUT2D eigenvalue weighted by Gasteiger charge is -2.17. The number of hydrogen-bond donors (Lipinski definition) is 0. The molecule has 0 saturated carbocycles. The maximum absolute atomic E-state index is 14.0. The zero-order valence-electron chi connectivity index (χ0n) is 25.4. The predicted molar refractivity (Wildman–Crippen MR) is 170 cm³/mol. The number of methoxy groups -OCH3 is 1. The van der Waals surface area contributed by atoms with E-state index < -0.39 is 12.1 Å². The smallest absolute Gasteiger partial charge is 0.351 e. The highest BCUT2D eigenvalue weighted by Gasteiger charge is 2.24. The van der Waals surface area contributed by atoms with Crippen LogP contribution in [0.3, 0.4) is 0 Å². The highest BCUT2D eigenvalue weighted by atomic mass is 16.6. The van der Waals surface area contributed by atoms with Gasteiger partial charge in [-0.2, -0.15) is 5.26 Å². The summed E-state index contributed by atoms with van der Waals surface area (Å²) >= 11 is 0. The number of nitriles is 1. The normalized spacial score (nSPS) is 11.4. The van der Waals surface area contributed by atoms with Gasteiger partial charge in [0, 0.05) is 17.5 Å². The van der Waals surface area contributed by atoms with E-state index in [1.807, 2.05) is 48.5 Å². The van der Waals surface area contributed by atoms with Gasteiger partial charge >= 0.3 is 5.97 Å². The number of esters is 1. The van der Waals surface area contributed by atoms with Crippen molar-refractivity contribution in [1.82, 2.24) is 19.5 Å². The van der Waals surface area contributed by atoms with Crippen molar-refractivity contribution < 1.29 is 14.3 Å². The van der Waals surface area contributed by atoms with Gasteiger partial charge in [-0.1, -0.05) is 86.1 Å². The SMILES string of the molecule is CCCCc1nc(C)n(-c2ncc(OC(C(=O)OC)c3ccccc3)cn2)c(=O)c1Cc1ccc(-c2ccccc2C#N)cc1.